The molecule has 1 aliphatic heterocycles. The molecule has 2 rings (SSSR count). The van der Waals surface area contributed by atoms with Crippen LogP contribution in [0.1, 0.15) is 45.2 Å². The summed E-state index contributed by atoms with van der Waals surface area (Å²) in [6, 6.07) is 5.26. The molecule has 2 N–H and O–H groups in total. The van der Waals surface area contributed by atoms with Crippen LogP contribution < -0.4 is 5.73 Å². The van der Waals surface area contributed by atoms with Crippen molar-refractivity contribution in [2.75, 3.05) is 6.54 Å². The van der Waals surface area contributed by atoms with Crippen LogP contribution in [0.2, 0.25) is 0 Å². The van der Waals surface area contributed by atoms with Gasteiger partial charge in [-0.3, -0.25) is 9.88 Å². The SMILES string of the molecule is CC1CCC(C)N(C(c2ccncc2)C(C)N)C1. The van der Waals surface area contributed by atoms with Crippen molar-refractivity contribution >= 4 is 0 Å². The highest BCUT2D eigenvalue weighted by molar-refractivity contribution is 5.17. The first kappa shape index (κ1) is 13.5. The Kier molecular flexibility index (Phi) is 4.36. The number of nitrogens with zero attached hydrogens (tertiary/aromatic N) is 2. The number of nitrogens with two attached hydrogens (primary N) is 1. The third-order valence-corrected chi connectivity index (χ3v) is 4.07. The van der Waals surface area contributed by atoms with Gasteiger partial charge in [0.05, 0.1) is 6.04 Å². The number of likely N-dealkylation sites (tertiary alicyclic amines) is 1. The van der Waals surface area contributed by atoms with Crippen molar-refractivity contribution in [3.05, 3.63) is 30.1 Å². The van der Waals surface area contributed by atoms with Gasteiger partial charge in [0.15, 0.2) is 0 Å². The molecule has 4 unspecified atom stereocenters. The molecule has 1 aromatic rings. The summed E-state index contributed by atoms with van der Waals surface area (Å²) in [5, 5.41) is 0. The van der Waals surface area contributed by atoms with E-state index < -0.39 is 0 Å². The molecular formula is C15H25N3. The van der Waals surface area contributed by atoms with Crippen molar-refractivity contribution in [3.8, 4) is 0 Å². The summed E-state index contributed by atoms with van der Waals surface area (Å²) >= 11 is 0. The zero-order chi connectivity index (χ0) is 13.1. The third kappa shape index (κ3) is 2.90. The van der Waals surface area contributed by atoms with Crippen LogP contribution in [-0.2, 0) is 0 Å². The van der Waals surface area contributed by atoms with Gasteiger partial charge in [0.1, 0.15) is 0 Å². The molecule has 0 radical (unpaired) electrons. The smallest absolute Gasteiger partial charge is 0.0500 e. The first-order chi connectivity index (χ1) is 8.59. The van der Waals surface area contributed by atoms with E-state index in [0.29, 0.717) is 12.1 Å². The molecule has 0 aromatic carbocycles. The fourth-order valence-electron chi connectivity index (χ4n) is 3.07. The van der Waals surface area contributed by atoms with E-state index in [1.807, 2.05) is 12.4 Å². The van der Waals surface area contributed by atoms with Crippen LogP contribution in [0.3, 0.4) is 0 Å². The van der Waals surface area contributed by atoms with Gasteiger partial charge in [-0.1, -0.05) is 6.92 Å². The summed E-state index contributed by atoms with van der Waals surface area (Å²) < 4.78 is 0. The highest BCUT2D eigenvalue weighted by atomic mass is 15.2. The summed E-state index contributed by atoms with van der Waals surface area (Å²) in [7, 11) is 0. The van der Waals surface area contributed by atoms with Gasteiger partial charge in [-0.25, -0.2) is 0 Å². The molecule has 1 aliphatic rings. The quantitative estimate of drug-likeness (QED) is 0.892. The summed E-state index contributed by atoms with van der Waals surface area (Å²) in [6.07, 6.45) is 6.33. The van der Waals surface area contributed by atoms with Crippen molar-refractivity contribution in [1.82, 2.24) is 9.88 Å². The van der Waals surface area contributed by atoms with Crippen molar-refractivity contribution in [3.63, 3.8) is 0 Å². The van der Waals surface area contributed by atoms with E-state index in [-0.39, 0.29) is 6.04 Å². The molecule has 0 amide bonds. The second kappa shape index (κ2) is 5.81. The predicted octanol–water partition coefficient (Wildman–Crippen LogP) is 2.59. The summed E-state index contributed by atoms with van der Waals surface area (Å²) in [6.45, 7) is 7.92. The topological polar surface area (TPSA) is 42.2 Å². The fourth-order valence-corrected chi connectivity index (χ4v) is 3.07. The van der Waals surface area contributed by atoms with Crippen molar-refractivity contribution < 1.29 is 0 Å². The van der Waals surface area contributed by atoms with Gasteiger partial charge >= 0.3 is 0 Å². The van der Waals surface area contributed by atoms with Gasteiger partial charge in [0, 0.05) is 31.0 Å². The molecule has 3 nitrogen and oxygen atoms in total. The molecule has 100 valence electrons. The molecule has 0 aliphatic carbocycles. The minimum absolute atomic E-state index is 0.139. The lowest BCUT2D eigenvalue weighted by molar-refractivity contribution is 0.0660. The van der Waals surface area contributed by atoms with Gasteiger partial charge < -0.3 is 5.73 Å². The Morgan fingerprint density at radius 3 is 2.56 bits per heavy atom. The lowest BCUT2D eigenvalue weighted by Gasteiger charge is -2.43. The van der Waals surface area contributed by atoms with Gasteiger partial charge in [-0.15, -0.1) is 0 Å². The fraction of sp³-hybridized carbons (Fsp3) is 0.667. The minimum Gasteiger partial charge on any atom is -0.326 e. The van der Waals surface area contributed by atoms with Gasteiger partial charge in [-0.2, -0.15) is 0 Å². The summed E-state index contributed by atoms with van der Waals surface area (Å²) in [5.74, 6) is 0.768. The molecule has 18 heavy (non-hydrogen) atoms. The average Bonchev–Trinajstić information content (AvgIpc) is 2.35. The van der Waals surface area contributed by atoms with E-state index in [0.717, 1.165) is 12.5 Å². The molecule has 1 saturated heterocycles. The van der Waals surface area contributed by atoms with E-state index in [9.17, 15) is 0 Å². The molecule has 1 fully saturated rings. The number of hydrogen-bond acceptors (Lipinski definition) is 3. The summed E-state index contributed by atoms with van der Waals surface area (Å²) in [5.41, 5.74) is 7.54. The van der Waals surface area contributed by atoms with E-state index in [1.165, 1.54) is 18.4 Å². The zero-order valence-electron chi connectivity index (χ0n) is 11.7. The first-order valence-corrected chi connectivity index (χ1v) is 7.01. The van der Waals surface area contributed by atoms with E-state index in [2.05, 4.69) is 42.8 Å². The zero-order valence-corrected chi connectivity index (χ0v) is 11.7. The number of pyridine rings is 1. The lowest BCUT2D eigenvalue weighted by atomic mass is 9.90. The second-order valence-corrected chi connectivity index (χ2v) is 5.81. The normalized spacial score (nSPS) is 28.9. The maximum atomic E-state index is 6.25. The molecule has 3 heteroatoms. The Morgan fingerprint density at radius 1 is 1.28 bits per heavy atom. The van der Waals surface area contributed by atoms with Crippen molar-refractivity contribution in [2.24, 2.45) is 11.7 Å². The molecule has 0 bridgehead atoms. The van der Waals surface area contributed by atoms with Crippen molar-refractivity contribution in [1.29, 1.82) is 0 Å². The molecule has 0 saturated carbocycles. The molecule has 4 atom stereocenters. The highest BCUT2D eigenvalue weighted by Crippen LogP contribution is 2.32. The van der Waals surface area contributed by atoms with Gasteiger partial charge in [0.25, 0.3) is 0 Å². The number of aromatic nitrogens is 1. The number of rotatable bonds is 3. The second-order valence-electron chi connectivity index (χ2n) is 5.81. The van der Waals surface area contributed by atoms with Crippen LogP contribution in [0.15, 0.2) is 24.5 Å². The van der Waals surface area contributed by atoms with E-state index >= 15 is 0 Å². The Labute approximate surface area is 110 Å². The largest absolute Gasteiger partial charge is 0.326 e. The van der Waals surface area contributed by atoms with Crippen LogP contribution in [-0.4, -0.2) is 28.5 Å². The van der Waals surface area contributed by atoms with Crippen LogP contribution in [0.5, 0.6) is 0 Å². The van der Waals surface area contributed by atoms with Crippen LogP contribution in [0.4, 0.5) is 0 Å². The Bertz CT molecular complexity index is 363. The maximum absolute atomic E-state index is 6.25. The first-order valence-electron chi connectivity index (χ1n) is 7.01. The van der Waals surface area contributed by atoms with E-state index in [1.54, 1.807) is 0 Å². The standard InChI is InChI=1S/C15H25N3/c1-11-4-5-12(2)18(10-11)15(13(3)16)14-6-8-17-9-7-14/h6-9,11-13,15H,4-5,10,16H2,1-3H3. The Hall–Kier alpha value is -0.930. The minimum atomic E-state index is 0.139. The predicted molar refractivity (Wildman–Crippen MR) is 75.2 cm³/mol. The van der Waals surface area contributed by atoms with Crippen molar-refractivity contribution in [2.45, 2.75) is 51.7 Å². The molecule has 2 heterocycles. The van der Waals surface area contributed by atoms with Gasteiger partial charge in [0.2, 0.25) is 0 Å². The Balaban J connectivity index is 2.24. The van der Waals surface area contributed by atoms with Crippen LogP contribution >= 0.6 is 0 Å². The van der Waals surface area contributed by atoms with E-state index in [4.69, 9.17) is 5.73 Å². The lowest BCUT2D eigenvalue weighted by Crippen LogP contribution is -2.48. The molecular weight excluding hydrogens is 222 g/mol. The number of piperidine rings is 1. The number of hydrogen-bond donors (Lipinski definition) is 1. The highest BCUT2D eigenvalue weighted by Gasteiger charge is 2.31. The monoisotopic (exact) mass is 247 g/mol. The van der Waals surface area contributed by atoms with Gasteiger partial charge in [-0.05, 0) is 50.3 Å². The average molecular weight is 247 g/mol. The summed E-state index contributed by atoms with van der Waals surface area (Å²) in [4.78, 5) is 6.68. The van der Waals surface area contributed by atoms with Crippen LogP contribution in [0, 0.1) is 5.92 Å². The Morgan fingerprint density at radius 2 is 1.94 bits per heavy atom. The molecule has 1 aromatic heterocycles. The third-order valence-electron chi connectivity index (χ3n) is 4.07. The van der Waals surface area contributed by atoms with Crippen LogP contribution in [0.25, 0.3) is 0 Å². The molecule has 0 spiro atoms. The maximum Gasteiger partial charge on any atom is 0.0500 e.